The van der Waals surface area contributed by atoms with Crippen LogP contribution in [0.25, 0.3) is 0 Å². The molecule has 0 saturated heterocycles. The van der Waals surface area contributed by atoms with Gasteiger partial charge in [-0.05, 0) is 30.5 Å². The number of hydrogen-bond donors (Lipinski definition) is 1. The Morgan fingerprint density at radius 1 is 1.47 bits per heavy atom. The molecule has 0 radical (unpaired) electrons. The first kappa shape index (κ1) is 13.2. The van der Waals surface area contributed by atoms with Crippen LogP contribution >= 0.6 is 23.4 Å². The van der Waals surface area contributed by atoms with Crippen molar-refractivity contribution in [3.63, 3.8) is 0 Å². The number of hydrogen-bond acceptors (Lipinski definition) is 3. The smallest absolute Gasteiger partial charge is 0.0556 e. The molecule has 1 saturated carbocycles. The lowest BCUT2D eigenvalue weighted by Gasteiger charge is -2.07. The minimum atomic E-state index is 0.740. The molecule has 0 bridgehead atoms. The van der Waals surface area contributed by atoms with E-state index in [0.717, 1.165) is 34.9 Å². The number of halogens is 1. The van der Waals surface area contributed by atoms with Crippen molar-refractivity contribution in [2.75, 3.05) is 19.5 Å². The summed E-state index contributed by atoms with van der Waals surface area (Å²) in [7, 11) is 1.72. The van der Waals surface area contributed by atoms with Gasteiger partial charge in [-0.2, -0.15) is 0 Å². The van der Waals surface area contributed by atoms with E-state index in [1.54, 1.807) is 18.9 Å². The van der Waals surface area contributed by atoms with Crippen LogP contribution in [-0.4, -0.2) is 25.5 Å². The van der Waals surface area contributed by atoms with Crippen LogP contribution in [0.15, 0.2) is 23.1 Å². The van der Waals surface area contributed by atoms with Crippen molar-refractivity contribution in [3.05, 3.63) is 28.8 Å². The summed E-state index contributed by atoms with van der Waals surface area (Å²) < 4.78 is 5.03. The molecule has 0 amide bonds. The standard InChI is InChI=1S/C13H18ClNOS/c1-16-6-7-17-13-5-2-10(8-12(13)14)9-15-11-3-4-11/h2,5,8,11,15H,3-4,6-7,9H2,1H3. The summed E-state index contributed by atoms with van der Waals surface area (Å²) in [6.45, 7) is 1.68. The van der Waals surface area contributed by atoms with Gasteiger partial charge in [-0.1, -0.05) is 17.7 Å². The number of thioether (sulfide) groups is 1. The molecule has 1 aromatic carbocycles. The summed E-state index contributed by atoms with van der Waals surface area (Å²) >= 11 is 7.99. The predicted octanol–water partition coefficient (Wildman–Crippen LogP) is 3.33. The zero-order valence-electron chi connectivity index (χ0n) is 10.0. The number of methoxy groups -OCH3 is 1. The summed E-state index contributed by atoms with van der Waals surface area (Å²) in [4.78, 5) is 1.14. The highest BCUT2D eigenvalue weighted by Gasteiger charge is 2.19. The third-order valence-corrected chi connectivity index (χ3v) is 4.18. The summed E-state index contributed by atoms with van der Waals surface area (Å²) in [6, 6.07) is 7.05. The van der Waals surface area contributed by atoms with Crippen LogP contribution in [0.1, 0.15) is 18.4 Å². The quantitative estimate of drug-likeness (QED) is 0.607. The van der Waals surface area contributed by atoms with Gasteiger partial charge in [-0.25, -0.2) is 0 Å². The molecule has 1 aromatic rings. The molecule has 0 heterocycles. The summed E-state index contributed by atoms with van der Waals surface area (Å²) in [5.41, 5.74) is 1.26. The maximum Gasteiger partial charge on any atom is 0.0556 e. The van der Waals surface area contributed by atoms with Gasteiger partial charge in [0, 0.05) is 30.3 Å². The van der Waals surface area contributed by atoms with E-state index in [1.807, 2.05) is 0 Å². The Morgan fingerprint density at radius 3 is 2.94 bits per heavy atom. The number of benzene rings is 1. The Balaban J connectivity index is 1.85. The molecule has 0 spiro atoms. The highest BCUT2D eigenvalue weighted by atomic mass is 35.5. The summed E-state index contributed by atoms with van der Waals surface area (Å²) in [6.07, 6.45) is 2.64. The third-order valence-electron chi connectivity index (χ3n) is 2.71. The first-order valence-corrected chi connectivity index (χ1v) is 7.29. The van der Waals surface area contributed by atoms with E-state index in [1.165, 1.54) is 18.4 Å². The van der Waals surface area contributed by atoms with Crippen LogP contribution in [-0.2, 0) is 11.3 Å². The second-order valence-corrected chi connectivity index (χ2v) is 5.81. The van der Waals surface area contributed by atoms with Gasteiger partial charge in [0.05, 0.1) is 11.6 Å². The molecule has 94 valence electrons. The molecular formula is C13H18ClNOS. The number of nitrogens with one attached hydrogen (secondary N) is 1. The van der Waals surface area contributed by atoms with E-state index in [2.05, 4.69) is 23.5 Å². The average Bonchev–Trinajstić information content (AvgIpc) is 3.13. The van der Waals surface area contributed by atoms with E-state index in [4.69, 9.17) is 16.3 Å². The van der Waals surface area contributed by atoms with Gasteiger partial charge in [0.25, 0.3) is 0 Å². The molecular weight excluding hydrogens is 254 g/mol. The van der Waals surface area contributed by atoms with Crippen LogP contribution < -0.4 is 5.32 Å². The van der Waals surface area contributed by atoms with E-state index in [-0.39, 0.29) is 0 Å². The molecule has 1 aliphatic carbocycles. The number of ether oxygens (including phenoxy) is 1. The van der Waals surface area contributed by atoms with Gasteiger partial charge in [0.2, 0.25) is 0 Å². The molecule has 0 aliphatic heterocycles. The SMILES string of the molecule is COCCSc1ccc(CNC2CC2)cc1Cl. The Kier molecular flexibility index (Phi) is 5.16. The summed E-state index contributed by atoms with van der Waals surface area (Å²) in [5.74, 6) is 0.940. The maximum absolute atomic E-state index is 6.25. The summed E-state index contributed by atoms with van der Waals surface area (Å²) in [5, 5.41) is 4.33. The Bertz CT molecular complexity index is 368. The largest absolute Gasteiger partial charge is 0.384 e. The van der Waals surface area contributed by atoms with Crippen molar-refractivity contribution < 1.29 is 4.74 Å². The lowest BCUT2D eigenvalue weighted by Crippen LogP contribution is -2.15. The van der Waals surface area contributed by atoms with Gasteiger partial charge in [-0.3, -0.25) is 0 Å². The second kappa shape index (κ2) is 6.64. The van der Waals surface area contributed by atoms with Gasteiger partial charge < -0.3 is 10.1 Å². The zero-order chi connectivity index (χ0) is 12.1. The first-order valence-electron chi connectivity index (χ1n) is 5.93. The van der Waals surface area contributed by atoms with Gasteiger partial charge >= 0.3 is 0 Å². The molecule has 1 N–H and O–H groups in total. The molecule has 17 heavy (non-hydrogen) atoms. The molecule has 2 rings (SSSR count). The normalized spacial score (nSPS) is 15.2. The monoisotopic (exact) mass is 271 g/mol. The van der Waals surface area contributed by atoms with Crippen molar-refractivity contribution in [3.8, 4) is 0 Å². The fraction of sp³-hybridized carbons (Fsp3) is 0.538. The van der Waals surface area contributed by atoms with Gasteiger partial charge in [-0.15, -0.1) is 11.8 Å². The number of rotatable bonds is 7. The highest BCUT2D eigenvalue weighted by molar-refractivity contribution is 7.99. The van der Waals surface area contributed by atoms with Crippen molar-refractivity contribution in [1.82, 2.24) is 5.32 Å². The fourth-order valence-corrected chi connectivity index (χ4v) is 2.75. The Labute approximate surface area is 112 Å². The first-order chi connectivity index (χ1) is 8.29. The maximum atomic E-state index is 6.25. The van der Waals surface area contributed by atoms with E-state index < -0.39 is 0 Å². The van der Waals surface area contributed by atoms with Gasteiger partial charge in [0.15, 0.2) is 0 Å². The zero-order valence-corrected chi connectivity index (χ0v) is 11.6. The predicted molar refractivity (Wildman–Crippen MR) is 73.9 cm³/mol. The topological polar surface area (TPSA) is 21.3 Å². The van der Waals surface area contributed by atoms with Crippen molar-refractivity contribution in [2.45, 2.75) is 30.3 Å². The van der Waals surface area contributed by atoms with E-state index in [9.17, 15) is 0 Å². The lowest BCUT2D eigenvalue weighted by molar-refractivity contribution is 0.218. The average molecular weight is 272 g/mol. The van der Waals surface area contributed by atoms with Crippen LogP contribution in [0.4, 0.5) is 0 Å². The fourth-order valence-electron chi connectivity index (χ4n) is 1.56. The molecule has 0 atom stereocenters. The highest BCUT2D eigenvalue weighted by Crippen LogP contribution is 2.28. The second-order valence-electron chi connectivity index (χ2n) is 4.26. The minimum Gasteiger partial charge on any atom is -0.384 e. The van der Waals surface area contributed by atoms with Crippen molar-refractivity contribution >= 4 is 23.4 Å². The minimum absolute atomic E-state index is 0.740. The van der Waals surface area contributed by atoms with E-state index >= 15 is 0 Å². The van der Waals surface area contributed by atoms with Crippen molar-refractivity contribution in [1.29, 1.82) is 0 Å². The van der Waals surface area contributed by atoms with Crippen LogP contribution in [0, 0.1) is 0 Å². The lowest BCUT2D eigenvalue weighted by atomic mass is 10.2. The molecule has 0 unspecified atom stereocenters. The molecule has 0 aromatic heterocycles. The molecule has 4 heteroatoms. The van der Waals surface area contributed by atoms with Crippen molar-refractivity contribution in [2.24, 2.45) is 0 Å². The van der Waals surface area contributed by atoms with E-state index in [0.29, 0.717) is 0 Å². The molecule has 2 nitrogen and oxygen atoms in total. The van der Waals surface area contributed by atoms with Crippen LogP contribution in [0.3, 0.4) is 0 Å². The molecule has 1 fully saturated rings. The Morgan fingerprint density at radius 2 is 2.29 bits per heavy atom. The van der Waals surface area contributed by atoms with Crippen LogP contribution in [0.2, 0.25) is 5.02 Å². The van der Waals surface area contributed by atoms with Crippen LogP contribution in [0.5, 0.6) is 0 Å². The molecule has 1 aliphatic rings. The Hall–Kier alpha value is -0.220. The third kappa shape index (κ3) is 4.51. The van der Waals surface area contributed by atoms with Gasteiger partial charge in [0.1, 0.15) is 0 Å².